The van der Waals surface area contributed by atoms with Gasteiger partial charge in [0.25, 0.3) is 0 Å². The van der Waals surface area contributed by atoms with Gasteiger partial charge in [0.1, 0.15) is 11.3 Å². The molecule has 5 heteroatoms. The number of aromatic nitrogens is 1. The van der Waals surface area contributed by atoms with Gasteiger partial charge in [-0.05, 0) is 45.2 Å². The molecule has 0 bridgehead atoms. The highest BCUT2D eigenvalue weighted by Gasteiger charge is 2.21. The fraction of sp³-hybridized carbons (Fsp3) is 0.571. The van der Waals surface area contributed by atoms with Gasteiger partial charge in [0.15, 0.2) is 0 Å². The molecule has 0 saturated carbocycles. The molecule has 106 valence electrons. The van der Waals surface area contributed by atoms with Crippen molar-refractivity contribution in [2.75, 3.05) is 7.11 Å². The number of esters is 2. The van der Waals surface area contributed by atoms with Crippen molar-refractivity contribution in [1.29, 1.82) is 0 Å². The Bertz CT molecular complexity index is 468. The summed E-state index contributed by atoms with van der Waals surface area (Å²) in [4.78, 5) is 26.0. The molecule has 0 aliphatic heterocycles. The van der Waals surface area contributed by atoms with Gasteiger partial charge in [0.2, 0.25) is 0 Å². The maximum absolute atomic E-state index is 11.9. The molecule has 1 N–H and O–H groups in total. The number of carbonyl (C=O) groups excluding carboxylic acids is 2. The van der Waals surface area contributed by atoms with Gasteiger partial charge in [-0.2, -0.15) is 0 Å². The molecule has 0 aliphatic carbocycles. The molecule has 19 heavy (non-hydrogen) atoms. The molecule has 1 aromatic rings. The minimum Gasteiger partial charge on any atom is -0.469 e. The lowest BCUT2D eigenvalue weighted by molar-refractivity contribution is -0.140. The summed E-state index contributed by atoms with van der Waals surface area (Å²) >= 11 is 0. The highest BCUT2D eigenvalue weighted by Crippen LogP contribution is 2.18. The van der Waals surface area contributed by atoms with E-state index in [4.69, 9.17) is 4.74 Å². The topological polar surface area (TPSA) is 68.4 Å². The van der Waals surface area contributed by atoms with Crippen molar-refractivity contribution in [2.45, 2.75) is 46.1 Å². The number of methoxy groups -OCH3 is 1. The minimum absolute atomic E-state index is 0.264. The first-order valence-corrected chi connectivity index (χ1v) is 6.21. The Labute approximate surface area is 113 Å². The van der Waals surface area contributed by atoms with Crippen LogP contribution in [-0.4, -0.2) is 29.6 Å². The third kappa shape index (κ3) is 4.43. The maximum Gasteiger partial charge on any atom is 0.355 e. The summed E-state index contributed by atoms with van der Waals surface area (Å²) in [5.74, 6) is -0.645. The molecule has 0 fully saturated rings. The van der Waals surface area contributed by atoms with E-state index in [1.165, 1.54) is 7.11 Å². The van der Waals surface area contributed by atoms with Crippen molar-refractivity contribution in [3.8, 4) is 0 Å². The van der Waals surface area contributed by atoms with Gasteiger partial charge in [-0.1, -0.05) is 0 Å². The standard InChI is InChI=1S/C14H21NO4/c1-9-10(6-7-11(16)18-5)8-15-12(9)13(17)19-14(2,3)4/h8,15H,6-7H2,1-5H3. The number of nitrogens with one attached hydrogen (secondary N) is 1. The normalized spacial score (nSPS) is 11.2. The quantitative estimate of drug-likeness (QED) is 0.850. The summed E-state index contributed by atoms with van der Waals surface area (Å²) < 4.78 is 9.89. The second-order valence-electron chi connectivity index (χ2n) is 5.39. The zero-order chi connectivity index (χ0) is 14.6. The monoisotopic (exact) mass is 267 g/mol. The maximum atomic E-state index is 11.9. The molecule has 1 aromatic heterocycles. The van der Waals surface area contributed by atoms with E-state index in [2.05, 4.69) is 9.72 Å². The van der Waals surface area contributed by atoms with E-state index in [1.54, 1.807) is 6.20 Å². The second kappa shape index (κ2) is 5.91. The highest BCUT2D eigenvalue weighted by atomic mass is 16.6. The van der Waals surface area contributed by atoms with Crippen molar-refractivity contribution >= 4 is 11.9 Å². The Hall–Kier alpha value is -1.78. The van der Waals surface area contributed by atoms with Gasteiger partial charge < -0.3 is 14.5 Å². The summed E-state index contributed by atoms with van der Waals surface area (Å²) in [7, 11) is 1.36. The van der Waals surface area contributed by atoms with Crippen LogP contribution in [0.15, 0.2) is 6.20 Å². The summed E-state index contributed by atoms with van der Waals surface area (Å²) in [6, 6.07) is 0. The van der Waals surface area contributed by atoms with Crippen molar-refractivity contribution in [3.05, 3.63) is 23.0 Å². The molecule has 0 aliphatic rings. The lowest BCUT2D eigenvalue weighted by Gasteiger charge is -2.19. The van der Waals surface area contributed by atoms with Crippen LogP contribution in [0.3, 0.4) is 0 Å². The molecular weight excluding hydrogens is 246 g/mol. The van der Waals surface area contributed by atoms with E-state index < -0.39 is 5.60 Å². The van der Waals surface area contributed by atoms with Crippen LogP contribution in [0.5, 0.6) is 0 Å². The lowest BCUT2D eigenvalue weighted by atomic mass is 10.1. The lowest BCUT2D eigenvalue weighted by Crippen LogP contribution is -2.24. The van der Waals surface area contributed by atoms with Crippen molar-refractivity contribution in [3.63, 3.8) is 0 Å². The Morgan fingerprint density at radius 1 is 1.32 bits per heavy atom. The Morgan fingerprint density at radius 2 is 1.95 bits per heavy atom. The van der Waals surface area contributed by atoms with Gasteiger partial charge in [-0.25, -0.2) is 4.79 Å². The zero-order valence-electron chi connectivity index (χ0n) is 12.1. The predicted octanol–water partition coefficient (Wildman–Crippen LogP) is 2.38. The number of rotatable bonds is 4. The van der Waals surface area contributed by atoms with Crippen LogP contribution in [0, 0.1) is 6.92 Å². The Balaban J connectivity index is 2.75. The van der Waals surface area contributed by atoms with Crippen LogP contribution < -0.4 is 0 Å². The third-order valence-electron chi connectivity index (χ3n) is 2.68. The fourth-order valence-electron chi connectivity index (χ4n) is 1.68. The Morgan fingerprint density at radius 3 is 2.47 bits per heavy atom. The van der Waals surface area contributed by atoms with Crippen molar-refractivity contribution < 1.29 is 19.1 Å². The van der Waals surface area contributed by atoms with Crippen LogP contribution in [0.4, 0.5) is 0 Å². The summed E-state index contributed by atoms with van der Waals surface area (Å²) in [5, 5.41) is 0. The smallest absolute Gasteiger partial charge is 0.355 e. The average Bonchev–Trinajstić information content (AvgIpc) is 2.65. The number of aromatic amines is 1. The minimum atomic E-state index is -0.527. The first-order valence-electron chi connectivity index (χ1n) is 6.21. The molecule has 1 rings (SSSR count). The highest BCUT2D eigenvalue weighted by molar-refractivity contribution is 5.89. The number of hydrogen-bond acceptors (Lipinski definition) is 4. The van der Waals surface area contributed by atoms with Gasteiger partial charge in [-0.15, -0.1) is 0 Å². The van der Waals surface area contributed by atoms with Crippen LogP contribution in [-0.2, 0) is 20.7 Å². The first-order chi connectivity index (χ1) is 8.74. The first kappa shape index (κ1) is 15.3. The third-order valence-corrected chi connectivity index (χ3v) is 2.68. The van der Waals surface area contributed by atoms with Gasteiger partial charge in [-0.3, -0.25) is 4.79 Å². The number of hydrogen-bond donors (Lipinski definition) is 1. The molecule has 0 aromatic carbocycles. The van der Waals surface area contributed by atoms with Crippen LogP contribution in [0.25, 0.3) is 0 Å². The van der Waals surface area contributed by atoms with Crippen molar-refractivity contribution in [1.82, 2.24) is 4.98 Å². The number of ether oxygens (including phenoxy) is 2. The molecule has 0 radical (unpaired) electrons. The number of aryl methyl sites for hydroxylation is 1. The van der Waals surface area contributed by atoms with Crippen LogP contribution in [0.1, 0.15) is 48.8 Å². The van der Waals surface area contributed by atoms with E-state index in [-0.39, 0.29) is 11.9 Å². The number of H-pyrrole nitrogens is 1. The molecule has 0 saturated heterocycles. The molecular formula is C14H21NO4. The molecule has 1 heterocycles. The van der Waals surface area contributed by atoms with Crippen molar-refractivity contribution in [2.24, 2.45) is 0 Å². The second-order valence-corrected chi connectivity index (χ2v) is 5.39. The van der Waals surface area contributed by atoms with Crippen LogP contribution >= 0.6 is 0 Å². The molecule has 0 atom stereocenters. The van der Waals surface area contributed by atoms with E-state index in [9.17, 15) is 9.59 Å². The predicted molar refractivity (Wildman–Crippen MR) is 71.0 cm³/mol. The van der Waals surface area contributed by atoms with Crippen LogP contribution in [0.2, 0.25) is 0 Å². The SMILES string of the molecule is COC(=O)CCc1c[nH]c(C(=O)OC(C)(C)C)c1C. The van der Waals surface area contributed by atoms with Gasteiger partial charge >= 0.3 is 11.9 Å². The summed E-state index contributed by atoms with van der Waals surface area (Å²) in [6.45, 7) is 7.30. The van der Waals surface area contributed by atoms with Gasteiger partial charge in [0, 0.05) is 12.6 Å². The average molecular weight is 267 g/mol. The largest absolute Gasteiger partial charge is 0.469 e. The molecule has 0 spiro atoms. The molecule has 5 nitrogen and oxygen atoms in total. The summed E-state index contributed by atoms with van der Waals surface area (Å²) in [5.41, 5.74) is 1.65. The van der Waals surface area contributed by atoms with E-state index in [0.29, 0.717) is 18.5 Å². The van der Waals surface area contributed by atoms with E-state index in [0.717, 1.165) is 11.1 Å². The molecule has 0 unspecified atom stereocenters. The Kier molecular flexibility index (Phi) is 4.75. The number of carbonyl (C=O) groups is 2. The zero-order valence-corrected chi connectivity index (χ0v) is 12.1. The molecule has 0 amide bonds. The fourth-order valence-corrected chi connectivity index (χ4v) is 1.68. The van der Waals surface area contributed by atoms with Gasteiger partial charge in [0.05, 0.1) is 7.11 Å². The summed E-state index contributed by atoms with van der Waals surface area (Å²) in [6.07, 6.45) is 2.57. The van der Waals surface area contributed by atoms with E-state index >= 15 is 0 Å². The van der Waals surface area contributed by atoms with E-state index in [1.807, 2.05) is 27.7 Å².